The van der Waals surface area contributed by atoms with Crippen molar-refractivity contribution in [3.05, 3.63) is 0 Å². The van der Waals surface area contributed by atoms with E-state index in [1.807, 2.05) is 20.8 Å². The number of likely N-dealkylation sites (tertiary alicyclic amines) is 1. The lowest BCUT2D eigenvalue weighted by molar-refractivity contribution is -0.125. The summed E-state index contributed by atoms with van der Waals surface area (Å²) in [6, 6.07) is -0.619. The molecule has 0 unspecified atom stereocenters. The van der Waals surface area contributed by atoms with Gasteiger partial charge in [0.2, 0.25) is 5.91 Å². The maximum absolute atomic E-state index is 11.9. The van der Waals surface area contributed by atoms with E-state index in [9.17, 15) is 9.59 Å². The van der Waals surface area contributed by atoms with E-state index < -0.39 is 6.03 Å². The molecule has 1 atom stereocenters. The molecule has 104 valence electrons. The highest BCUT2D eigenvalue weighted by Crippen LogP contribution is 2.17. The first-order valence-corrected chi connectivity index (χ1v) is 6.75. The quantitative estimate of drug-likeness (QED) is 0.800. The van der Waals surface area contributed by atoms with Gasteiger partial charge in [-0.15, -0.1) is 0 Å². The molecule has 1 aliphatic heterocycles. The Bertz CT molecular complexity index is 297. The molecule has 1 saturated heterocycles. The molecule has 0 aromatic carbocycles. The molecule has 1 rings (SSSR count). The van der Waals surface area contributed by atoms with E-state index in [1.165, 1.54) is 0 Å². The van der Waals surface area contributed by atoms with Crippen LogP contribution in [0, 0.1) is 5.92 Å². The topological polar surface area (TPSA) is 61.4 Å². The Morgan fingerprint density at radius 1 is 1.17 bits per heavy atom. The van der Waals surface area contributed by atoms with Gasteiger partial charge in [-0.25, -0.2) is 4.79 Å². The average molecular weight is 255 g/mol. The van der Waals surface area contributed by atoms with Crippen molar-refractivity contribution in [2.75, 3.05) is 13.1 Å². The van der Waals surface area contributed by atoms with Gasteiger partial charge in [-0.1, -0.05) is 6.92 Å². The van der Waals surface area contributed by atoms with Crippen molar-refractivity contribution < 1.29 is 9.59 Å². The number of carbonyl (C=O) groups excluding carboxylic acids is 2. The van der Waals surface area contributed by atoms with Crippen molar-refractivity contribution in [1.82, 2.24) is 15.5 Å². The highest BCUT2D eigenvalue weighted by atomic mass is 16.2. The summed E-state index contributed by atoms with van der Waals surface area (Å²) in [5, 5.41) is 5.04. The summed E-state index contributed by atoms with van der Waals surface area (Å²) in [6.45, 7) is 9.67. The molecule has 5 heteroatoms. The molecule has 1 aliphatic rings. The van der Waals surface area contributed by atoms with Gasteiger partial charge >= 0.3 is 6.03 Å². The monoisotopic (exact) mass is 255 g/mol. The molecular formula is C13H25N3O2. The van der Waals surface area contributed by atoms with Crippen LogP contribution in [0.25, 0.3) is 0 Å². The highest BCUT2D eigenvalue weighted by molar-refractivity contribution is 5.96. The van der Waals surface area contributed by atoms with Gasteiger partial charge in [0, 0.05) is 6.04 Å². The van der Waals surface area contributed by atoms with Gasteiger partial charge in [0.15, 0.2) is 0 Å². The van der Waals surface area contributed by atoms with E-state index in [0.29, 0.717) is 0 Å². The van der Waals surface area contributed by atoms with Crippen molar-refractivity contribution >= 4 is 11.9 Å². The summed E-state index contributed by atoms with van der Waals surface area (Å²) in [7, 11) is 0. The standard InChI is InChI=1S/C13H25N3O2/c1-9(2)14-13(18)15-12(17)11(4)16-7-5-10(3)6-8-16/h9-11H,5-8H2,1-4H3,(H2,14,15,17,18)/t11-/m0/s1. The van der Waals surface area contributed by atoms with E-state index in [-0.39, 0.29) is 18.0 Å². The van der Waals surface area contributed by atoms with Gasteiger partial charge in [0.1, 0.15) is 0 Å². The third-order valence-corrected chi connectivity index (χ3v) is 3.40. The molecule has 18 heavy (non-hydrogen) atoms. The van der Waals surface area contributed by atoms with Crippen LogP contribution in [0.5, 0.6) is 0 Å². The number of urea groups is 1. The van der Waals surface area contributed by atoms with Crippen LogP contribution in [0.2, 0.25) is 0 Å². The number of piperidine rings is 1. The third-order valence-electron chi connectivity index (χ3n) is 3.40. The predicted octanol–water partition coefficient (Wildman–Crippen LogP) is 1.34. The fraction of sp³-hybridized carbons (Fsp3) is 0.846. The van der Waals surface area contributed by atoms with Crippen LogP contribution in [-0.4, -0.2) is 42.0 Å². The van der Waals surface area contributed by atoms with Gasteiger partial charge in [-0.2, -0.15) is 0 Å². The second-order valence-electron chi connectivity index (χ2n) is 5.51. The Morgan fingerprint density at radius 3 is 2.22 bits per heavy atom. The Morgan fingerprint density at radius 2 is 1.72 bits per heavy atom. The maximum atomic E-state index is 11.9. The van der Waals surface area contributed by atoms with E-state index in [4.69, 9.17) is 0 Å². The molecule has 1 heterocycles. The van der Waals surface area contributed by atoms with Gasteiger partial charge < -0.3 is 5.32 Å². The minimum absolute atomic E-state index is 0.0314. The Balaban J connectivity index is 2.39. The fourth-order valence-electron chi connectivity index (χ4n) is 2.10. The lowest BCUT2D eigenvalue weighted by Gasteiger charge is -2.33. The zero-order valence-corrected chi connectivity index (χ0v) is 11.8. The third kappa shape index (κ3) is 4.64. The Hall–Kier alpha value is -1.10. The Kier molecular flexibility index (Phi) is 5.59. The second-order valence-corrected chi connectivity index (χ2v) is 5.51. The predicted molar refractivity (Wildman–Crippen MR) is 71.2 cm³/mol. The number of amides is 3. The lowest BCUT2D eigenvalue weighted by Crippen LogP contribution is -2.52. The number of carbonyl (C=O) groups is 2. The normalized spacial score (nSPS) is 19.6. The summed E-state index contributed by atoms with van der Waals surface area (Å²) in [4.78, 5) is 25.5. The molecule has 3 amide bonds. The molecule has 0 aromatic heterocycles. The van der Waals surface area contributed by atoms with Gasteiger partial charge in [0.05, 0.1) is 6.04 Å². The van der Waals surface area contributed by atoms with Crippen molar-refractivity contribution in [1.29, 1.82) is 0 Å². The molecule has 0 aliphatic carbocycles. The summed E-state index contributed by atoms with van der Waals surface area (Å²) in [5.41, 5.74) is 0. The average Bonchev–Trinajstić information content (AvgIpc) is 2.27. The molecule has 0 radical (unpaired) electrons. The number of nitrogens with zero attached hydrogens (tertiary/aromatic N) is 1. The van der Waals surface area contributed by atoms with Gasteiger partial charge in [0.25, 0.3) is 0 Å². The molecule has 0 spiro atoms. The van der Waals surface area contributed by atoms with E-state index in [1.54, 1.807) is 0 Å². The molecule has 1 fully saturated rings. The van der Waals surface area contributed by atoms with E-state index in [2.05, 4.69) is 22.5 Å². The number of rotatable bonds is 3. The molecule has 0 bridgehead atoms. The van der Waals surface area contributed by atoms with E-state index >= 15 is 0 Å². The van der Waals surface area contributed by atoms with Crippen LogP contribution in [0.3, 0.4) is 0 Å². The zero-order valence-electron chi connectivity index (χ0n) is 11.8. The molecule has 0 saturated carbocycles. The fourth-order valence-corrected chi connectivity index (χ4v) is 2.10. The smallest absolute Gasteiger partial charge is 0.321 e. The summed E-state index contributed by atoms with van der Waals surface area (Å²) >= 11 is 0. The van der Waals surface area contributed by atoms with Crippen molar-refractivity contribution in [2.45, 2.75) is 52.6 Å². The van der Waals surface area contributed by atoms with Crippen LogP contribution in [-0.2, 0) is 4.79 Å². The van der Waals surface area contributed by atoms with Crippen LogP contribution < -0.4 is 10.6 Å². The molecule has 0 aromatic rings. The minimum Gasteiger partial charge on any atom is -0.336 e. The number of imide groups is 1. The highest BCUT2D eigenvalue weighted by Gasteiger charge is 2.25. The summed E-state index contributed by atoms with van der Waals surface area (Å²) in [6.07, 6.45) is 2.24. The van der Waals surface area contributed by atoms with Gasteiger partial charge in [-0.05, 0) is 52.6 Å². The Labute approximate surface area is 109 Å². The molecule has 2 N–H and O–H groups in total. The molecular weight excluding hydrogens is 230 g/mol. The number of nitrogens with one attached hydrogen (secondary N) is 2. The van der Waals surface area contributed by atoms with Crippen LogP contribution in [0.15, 0.2) is 0 Å². The largest absolute Gasteiger partial charge is 0.336 e. The van der Waals surface area contributed by atoms with Crippen molar-refractivity contribution in [2.24, 2.45) is 5.92 Å². The zero-order chi connectivity index (χ0) is 13.7. The van der Waals surface area contributed by atoms with Crippen LogP contribution in [0.1, 0.15) is 40.5 Å². The summed E-state index contributed by atoms with van der Waals surface area (Å²) < 4.78 is 0. The van der Waals surface area contributed by atoms with E-state index in [0.717, 1.165) is 31.8 Å². The van der Waals surface area contributed by atoms with Crippen molar-refractivity contribution in [3.8, 4) is 0 Å². The second kappa shape index (κ2) is 6.73. The first-order valence-electron chi connectivity index (χ1n) is 6.75. The SMILES string of the molecule is CC1CCN([C@@H](C)C(=O)NC(=O)NC(C)C)CC1. The first-order chi connectivity index (χ1) is 8.40. The maximum Gasteiger partial charge on any atom is 0.321 e. The van der Waals surface area contributed by atoms with Crippen LogP contribution in [0.4, 0.5) is 4.79 Å². The summed E-state index contributed by atoms with van der Waals surface area (Å²) in [5.74, 6) is 0.517. The minimum atomic E-state index is -0.410. The van der Waals surface area contributed by atoms with Gasteiger partial charge in [-0.3, -0.25) is 15.0 Å². The first kappa shape index (κ1) is 15.0. The van der Waals surface area contributed by atoms with Crippen molar-refractivity contribution in [3.63, 3.8) is 0 Å². The number of hydrogen-bond acceptors (Lipinski definition) is 3. The van der Waals surface area contributed by atoms with Crippen LogP contribution >= 0.6 is 0 Å². The molecule has 5 nitrogen and oxygen atoms in total. The number of hydrogen-bond donors (Lipinski definition) is 2. The lowest BCUT2D eigenvalue weighted by atomic mass is 9.98.